The van der Waals surface area contributed by atoms with Gasteiger partial charge in [0.25, 0.3) is 0 Å². The second-order valence-corrected chi connectivity index (χ2v) is 3.64. The fourth-order valence-corrected chi connectivity index (χ4v) is 1.75. The maximum absolute atomic E-state index is 12.2. The highest BCUT2D eigenvalue weighted by atomic mass is 16.1. The number of nitrogens with zero attached hydrogens (tertiary/aromatic N) is 3. The molecule has 3 aromatic rings. The molecule has 0 fully saturated rings. The van der Waals surface area contributed by atoms with Gasteiger partial charge in [-0.2, -0.15) is 0 Å². The van der Waals surface area contributed by atoms with Crippen LogP contribution < -0.4 is 0 Å². The number of rotatable bonds is 2. The molecule has 3 rings (SSSR count). The first-order valence-corrected chi connectivity index (χ1v) is 5.23. The zero-order valence-electron chi connectivity index (χ0n) is 8.95. The van der Waals surface area contributed by atoms with E-state index in [-0.39, 0.29) is 5.78 Å². The molecule has 4 nitrogen and oxygen atoms in total. The van der Waals surface area contributed by atoms with Crippen molar-refractivity contribution in [2.24, 2.45) is 0 Å². The van der Waals surface area contributed by atoms with Crippen molar-refractivity contribution in [3.05, 3.63) is 66.4 Å². The van der Waals surface area contributed by atoms with E-state index >= 15 is 0 Å². The lowest BCUT2D eigenvalue weighted by Crippen LogP contribution is -2.04. The second-order valence-electron chi connectivity index (χ2n) is 3.64. The molecule has 1 aromatic carbocycles. The van der Waals surface area contributed by atoms with E-state index in [1.807, 2.05) is 18.2 Å². The highest BCUT2D eigenvalue weighted by Crippen LogP contribution is 2.11. The maximum Gasteiger partial charge on any atom is 0.211 e. The van der Waals surface area contributed by atoms with Crippen molar-refractivity contribution < 1.29 is 4.79 Å². The number of imidazole rings is 1. The summed E-state index contributed by atoms with van der Waals surface area (Å²) in [6.45, 7) is 0. The van der Waals surface area contributed by atoms with Gasteiger partial charge in [0.05, 0.1) is 12.4 Å². The summed E-state index contributed by atoms with van der Waals surface area (Å²) in [7, 11) is 0. The van der Waals surface area contributed by atoms with E-state index in [0.717, 1.165) is 0 Å². The molecule has 0 amide bonds. The smallest absolute Gasteiger partial charge is 0.211 e. The summed E-state index contributed by atoms with van der Waals surface area (Å²) >= 11 is 0. The van der Waals surface area contributed by atoms with E-state index in [4.69, 9.17) is 0 Å². The van der Waals surface area contributed by atoms with Gasteiger partial charge in [-0.3, -0.25) is 14.2 Å². The summed E-state index contributed by atoms with van der Waals surface area (Å²) in [5.74, 6) is -0.0377. The highest BCUT2D eigenvalue weighted by molar-refractivity contribution is 6.08. The van der Waals surface area contributed by atoms with E-state index in [1.165, 1.54) is 0 Å². The molecule has 17 heavy (non-hydrogen) atoms. The van der Waals surface area contributed by atoms with Crippen LogP contribution in [0.2, 0.25) is 0 Å². The molecule has 2 aromatic heterocycles. The molecule has 0 N–H and O–H groups in total. The van der Waals surface area contributed by atoms with Crippen LogP contribution in [0.1, 0.15) is 16.1 Å². The third-order valence-corrected chi connectivity index (χ3v) is 2.59. The van der Waals surface area contributed by atoms with E-state index in [9.17, 15) is 4.79 Å². The normalized spacial score (nSPS) is 10.6. The molecule has 0 unspecified atom stereocenters. The Morgan fingerprint density at radius 3 is 2.76 bits per heavy atom. The average molecular weight is 223 g/mol. The number of carbonyl (C=O) groups excluding carboxylic acids is 1. The summed E-state index contributed by atoms with van der Waals surface area (Å²) in [5, 5.41) is 0. The van der Waals surface area contributed by atoms with E-state index in [0.29, 0.717) is 16.9 Å². The van der Waals surface area contributed by atoms with E-state index < -0.39 is 0 Å². The quantitative estimate of drug-likeness (QED) is 0.624. The van der Waals surface area contributed by atoms with Gasteiger partial charge in [-0.15, -0.1) is 0 Å². The minimum absolute atomic E-state index is 0.0377. The van der Waals surface area contributed by atoms with Crippen LogP contribution in [0, 0.1) is 0 Å². The fourth-order valence-electron chi connectivity index (χ4n) is 1.75. The van der Waals surface area contributed by atoms with Crippen LogP contribution in [0.15, 0.2) is 55.1 Å². The zero-order valence-corrected chi connectivity index (χ0v) is 8.95. The number of ketones is 1. The summed E-state index contributed by atoms with van der Waals surface area (Å²) < 4.78 is 1.74. The minimum atomic E-state index is -0.0377. The molecule has 0 atom stereocenters. The number of carbonyl (C=O) groups is 1. The fraction of sp³-hybridized carbons (Fsp3) is 0. The van der Waals surface area contributed by atoms with Gasteiger partial charge in [0.2, 0.25) is 5.78 Å². The van der Waals surface area contributed by atoms with Gasteiger partial charge < -0.3 is 0 Å². The van der Waals surface area contributed by atoms with Crippen LogP contribution in [0.25, 0.3) is 5.65 Å². The Labute approximate surface area is 97.6 Å². The van der Waals surface area contributed by atoms with Gasteiger partial charge >= 0.3 is 0 Å². The molecular formula is C13H9N3O. The lowest BCUT2D eigenvalue weighted by Gasteiger charge is -2.00. The summed E-state index contributed by atoms with van der Waals surface area (Å²) in [4.78, 5) is 20.3. The number of hydrogen-bond acceptors (Lipinski definition) is 3. The molecular weight excluding hydrogens is 214 g/mol. The molecule has 0 aliphatic carbocycles. The lowest BCUT2D eigenvalue weighted by atomic mass is 10.1. The Hall–Kier alpha value is -2.49. The van der Waals surface area contributed by atoms with Crippen molar-refractivity contribution >= 4 is 11.4 Å². The average Bonchev–Trinajstić information content (AvgIpc) is 2.83. The van der Waals surface area contributed by atoms with Gasteiger partial charge in [-0.05, 0) is 0 Å². The predicted octanol–water partition coefficient (Wildman–Crippen LogP) is 1.96. The Kier molecular flexibility index (Phi) is 2.19. The van der Waals surface area contributed by atoms with Crippen LogP contribution in [0.4, 0.5) is 0 Å². The van der Waals surface area contributed by atoms with Crippen molar-refractivity contribution in [1.82, 2.24) is 14.4 Å². The second kappa shape index (κ2) is 3.83. The monoisotopic (exact) mass is 223 g/mol. The Morgan fingerprint density at radius 2 is 1.94 bits per heavy atom. The lowest BCUT2D eigenvalue weighted by molar-refractivity contribution is 0.103. The Balaban J connectivity index is 2.14. The van der Waals surface area contributed by atoms with Crippen LogP contribution >= 0.6 is 0 Å². The standard InChI is InChI=1S/C13H9N3O/c17-13(10-4-2-1-3-5-10)11-8-15-12-9-14-6-7-16(11)12/h1-9H. The largest absolute Gasteiger partial charge is 0.294 e. The molecule has 0 radical (unpaired) electrons. The van der Waals surface area contributed by atoms with Gasteiger partial charge in [-0.1, -0.05) is 30.3 Å². The Morgan fingerprint density at radius 1 is 1.12 bits per heavy atom. The number of benzene rings is 1. The van der Waals surface area contributed by atoms with Crippen LogP contribution in [-0.4, -0.2) is 20.2 Å². The molecule has 4 heteroatoms. The van der Waals surface area contributed by atoms with Crippen LogP contribution in [0.5, 0.6) is 0 Å². The molecule has 0 spiro atoms. The molecule has 0 bridgehead atoms. The third-order valence-electron chi connectivity index (χ3n) is 2.59. The topological polar surface area (TPSA) is 47.3 Å². The van der Waals surface area contributed by atoms with Gasteiger partial charge in [0.1, 0.15) is 5.69 Å². The van der Waals surface area contributed by atoms with Crippen molar-refractivity contribution in [2.45, 2.75) is 0 Å². The predicted molar refractivity (Wildman–Crippen MR) is 62.9 cm³/mol. The van der Waals surface area contributed by atoms with Gasteiger partial charge in [-0.25, -0.2) is 4.98 Å². The SMILES string of the molecule is O=C(c1ccccc1)c1cnc2cnccn12. The molecule has 0 aliphatic heterocycles. The zero-order chi connectivity index (χ0) is 11.7. The third kappa shape index (κ3) is 1.59. The molecule has 82 valence electrons. The van der Waals surface area contributed by atoms with Crippen LogP contribution in [0.3, 0.4) is 0 Å². The summed E-state index contributed by atoms with van der Waals surface area (Å²) in [6, 6.07) is 9.16. The summed E-state index contributed by atoms with van der Waals surface area (Å²) in [5.41, 5.74) is 1.88. The summed E-state index contributed by atoms with van der Waals surface area (Å²) in [6.07, 6.45) is 6.57. The first-order chi connectivity index (χ1) is 8.36. The maximum atomic E-state index is 12.2. The minimum Gasteiger partial charge on any atom is -0.294 e. The first-order valence-electron chi connectivity index (χ1n) is 5.23. The van der Waals surface area contributed by atoms with Gasteiger partial charge in [0.15, 0.2) is 5.65 Å². The highest BCUT2D eigenvalue weighted by Gasteiger charge is 2.13. The van der Waals surface area contributed by atoms with Crippen molar-refractivity contribution in [2.75, 3.05) is 0 Å². The molecule has 2 heterocycles. The number of hydrogen-bond donors (Lipinski definition) is 0. The van der Waals surface area contributed by atoms with Gasteiger partial charge in [0, 0.05) is 18.0 Å². The van der Waals surface area contributed by atoms with E-state index in [1.54, 1.807) is 41.3 Å². The van der Waals surface area contributed by atoms with Crippen molar-refractivity contribution in [3.8, 4) is 0 Å². The molecule has 0 saturated heterocycles. The number of aromatic nitrogens is 3. The first kappa shape index (κ1) is 9.72. The molecule has 0 saturated carbocycles. The van der Waals surface area contributed by atoms with Crippen LogP contribution in [-0.2, 0) is 0 Å². The molecule has 0 aliphatic rings. The van der Waals surface area contributed by atoms with E-state index in [2.05, 4.69) is 9.97 Å². The Bertz CT molecular complexity index is 673. The van der Waals surface area contributed by atoms with Crippen molar-refractivity contribution in [1.29, 1.82) is 0 Å². The van der Waals surface area contributed by atoms with Crippen molar-refractivity contribution in [3.63, 3.8) is 0 Å². The number of fused-ring (bicyclic) bond motifs is 1.